The molecule has 0 saturated heterocycles. The maximum atomic E-state index is 12.5. The molecule has 0 unspecified atom stereocenters. The smallest absolute Gasteiger partial charge is 0.319 e. The molecule has 4 aromatic rings. The number of fused-ring (bicyclic) bond motifs is 2. The van der Waals surface area contributed by atoms with Crippen molar-refractivity contribution in [2.45, 2.75) is 6.54 Å². The molecule has 2 heterocycles. The summed E-state index contributed by atoms with van der Waals surface area (Å²) in [7, 11) is 0. The number of rotatable bonds is 4. The molecule has 2 amide bonds. The van der Waals surface area contributed by atoms with Crippen molar-refractivity contribution < 1.29 is 14.3 Å². The number of para-hydroxylation sites is 2. The Labute approximate surface area is 171 Å². The number of nitrogens with zero attached hydrogens (tertiary/aromatic N) is 1. The first-order valence-corrected chi connectivity index (χ1v) is 9.96. The molecule has 6 nitrogen and oxygen atoms in total. The lowest BCUT2D eigenvalue weighted by Crippen LogP contribution is -2.28. The number of benzene rings is 3. The Kier molecular flexibility index (Phi) is 4.50. The van der Waals surface area contributed by atoms with Gasteiger partial charge in [-0.1, -0.05) is 30.3 Å². The molecule has 144 valence electrons. The highest BCUT2D eigenvalue weighted by Crippen LogP contribution is 2.34. The summed E-state index contributed by atoms with van der Waals surface area (Å²) in [5.41, 5.74) is 3.50. The fraction of sp³-hybridized carbons (Fsp3) is 0.0909. The molecule has 2 N–H and O–H groups in total. The number of hydrogen-bond acceptors (Lipinski definition) is 5. The fourth-order valence-electron chi connectivity index (χ4n) is 3.17. The molecule has 1 aliphatic rings. The molecular formula is C22H17N3O3S. The van der Waals surface area contributed by atoms with Crippen molar-refractivity contribution >= 4 is 33.3 Å². The van der Waals surface area contributed by atoms with E-state index in [1.807, 2.05) is 66.7 Å². The van der Waals surface area contributed by atoms with Gasteiger partial charge in [0.1, 0.15) is 5.01 Å². The van der Waals surface area contributed by atoms with Gasteiger partial charge in [-0.05, 0) is 42.0 Å². The predicted molar refractivity (Wildman–Crippen MR) is 113 cm³/mol. The highest BCUT2D eigenvalue weighted by molar-refractivity contribution is 7.21. The first kappa shape index (κ1) is 17.5. The molecule has 0 atom stereocenters. The minimum Gasteiger partial charge on any atom is -0.454 e. The van der Waals surface area contributed by atoms with Crippen molar-refractivity contribution in [2.75, 3.05) is 12.1 Å². The monoisotopic (exact) mass is 403 g/mol. The topological polar surface area (TPSA) is 72.5 Å². The Hall–Kier alpha value is -3.58. The van der Waals surface area contributed by atoms with Crippen molar-refractivity contribution in [1.29, 1.82) is 0 Å². The summed E-state index contributed by atoms with van der Waals surface area (Å²) in [6, 6.07) is 21.0. The second kappa shape index (κ2) is 7.44. The molecule has 0 saturated carbocycles. The molecule has 1 aromatic heterocycles. The van der Waals surface area contributed by atoms with Crippen LogP contribution in [0.5, 0.6) is 11.5 Å². The lowest BCUT2D eigenvalue weighted by Gasteiger charge is -2.11. The molecule has 0 bridgehead atoms. The van der Waals surface area contributed by atoms with E-state index in [2.05, 4.69) is 10.6 Å². The standard InChI is InChI=1S/C22H17N3O3S/c26-22(23-12-14-9-10-18-19(11-14)28-13-27-18)25-16-6-2-1-5-15(16)21-24-17-7-3-4-8-20(17)29-21/h1-11H,12-13H2,(H2,23,25,26). The average molecular weight is 403 g/mol. The van der Waals surface area contributed by atoms with Gasteiger partial charge in [-0.2, -0.15) is 0 Å². The number of hydrogen-bond donors (Lipinski definition) is 2. The molecule has 7 heteroatoms. The van der Waals surface area contributed by atoms with E-state index in [9.17, 15) is 4.79 Å². The van der Waals surface area contributed by atoms with Gasteiger partial charge in [0, 0.05) is 12.1 Å². The second-order valence-electron chi connectivity index (χ2n) is 6.53. The number of ether oxygens (including phenoxy) is 2. The molecule has 3 aromatic carbocycles. The van der Waals surface area contributed by atoms with E-state index in [4.69, 9.17) is 14.5 Å². The van der Waals surface area contributed by atoms with Crippen molar-refractivity contribution in [3.05, 3.63) is 72.3 Å². The van der Waals surface area contributed by atoms with Gasteiger partial charge in [-0.3, -0.25) is 0 Å². The second-order valence-corrected chi connectivity index (χ2v) is 7.56. The Morgan fingerprint density at radius 2 is 1.83 bits per heavy atom. The van der Waals surface area contributed by atoms with E-state index in [1.165, 1.54) is 0 Å². The summed E-state index contributed by atoms with van der Waals surface area (Å²) in [5.74, 6) is 1.42. The van der Waals surface area contributed by atoms with E-state index in [1.54, 1.807) is 11.3 Å². The van der Waals surface area contributed by atoms with Gasteiger partial charge in [-0.25, -0.2) is 9.78 Å². The third-order valence-corrected chi connectivity index (χ3v) is 5.66. The van der Waals surface area contributed by atoms with Crippen LogP contribution in [0.4, 0.5) is 10.5 Å². The van der Waals surface area contributed by atoms with Crippen molar-refractivity contribution in [2.24, 2.45) is 0 Å². The van der Waals surface area contributed by atoms with Gasteiger partial charge in [0.05, 0.1) is 15.9 Å². The van der Waals surface area contributed by atoms with Crippen molar-refractivity contribution in [3.63, 3.8) is 0 Å². The van der Waals surface area contributed by atoms with Crippen LogP contribution in [0.25, 0.3) is 20.8 Å². The van der Waals surface area contributed by atoms with Gasteiger partial charge < -0.3 is 20.1 Å². The van der Waals surface area contributed by atoms with E-state index >= 15 is 0 Å². The van der Waals surface area contributed by atoms with Gasteiger partial charge in [0.2, 0.25) is 6.79 Å². The van der Waals surface area contributed by atoms with E-state index in [0.717, 1.165) is 37.8 Å². The normalized spacial score (nSPS) is 12.1. The third kappa shape index (κ3) is 3.60. The molecule has 0 radical (unpaired) electrons. The highest BCUT2D eigenvalue weighted by Gasteiger charge is 2.14. The Balaban J connectivity index is 1.31. The number of urea groups is 1. The summed E-state index contributed by atoms with van der Waals surface area (Å²) in [6.07, 6.45) is 0. The van der Waals surface area contributed by atoms with Crippen molar-refractivity contribution in [3.8, 4) is 22.1 Å². The summed E-state index contributed by atoms with van der Waals surface area (Å²) in [5, 5.41) is 6.69. The van der Waals surface area contributed by atoms with E-state index in [0.29, 0.717) is 12.3 Å². The number of anilines is 1. The lowest BCUT2D eigenvalue weighted by atomic mass is 10.2. The Bertz CT molecular complexity index is 1170. The number of carbonyl (C=O) groups is 1. The summed E-state index contributed by atoms with van der Waals surface area (Å²) in [6.45, 7) is 0.612. The Morgan fingerprint density at radius 3 is 2.76 bits per heavy atom. The highest BCUT2D eigenvalue weighted by atomic mass is 32.1. The number of nitrogens with one attached hydrogen (secondary N) is 2. The van der Waals surface area contributed by atoms with Crippen LogP contribution in [0.1, 0.15) is 5.56 Å². The van der Waals surface area contributed by atoms with Crippen LogP contribution < -0.4 is 20.1 Å². The zero-order valence-corrected chi connectivity index (χ0v) is 16.2. The summed E-state index contributed by atoms with van der Waals surface area (Å²) >= 11 is 1.60. The summed E-state index contributed by atoms with van der Waals surface area (Å²) < 4.78 is 11.8. The molecule has 0 fully saturated rings. The van der Waals surface area contributed by atoms with Crippen LogP contribution in [0, 0.1) is 0 Å². The fourth-order valence-corrected chi connectivity index (χ4v) is 4.17. The van der Waals surface area contributed by atoms with E-state index < -0.39 is 0 Å². The van der Waals surface area contributed by atoms with Crippen LogP contribution >= 0.6 is 11.3 Å². The first-order valence-electron chi connectivity index (χ1n) is 9.15. The lowest BCUT2D eigenvalue weighted by molar-refractivity contribution is 0.174. The molecule has 0 spiro atoms. The number of thiazole rings is 1. The zero-order chi connectivity index (χ0) is 19.6. The SMILES string of the molecule is O=C(NCc1ccc2c(c1)OCO2)Nc1ccccc1-c1nc2ccccc2s1. The molecule has 29 heavy (non-hydrogen) atoms. The number of aromatic nitrogens is 1. The largest absolute Gasteiger partial charge is 0.454 e. The molecule has 5 rings (SSSR count). The van der Waals surface area contributed by atoms with Crippen LogP contribution in [0.2, 0.25) is 0 Å². The van der Waals surface area contributed by atoms with Gasteiger partial charge in [0.25, 0.3) is 0 Å². The number of amides is 2. The van der Waals surface area contributed by atoms with Crippen LogP contribution in [0.15, 0.2) is 66.7 Å². The van der Waals surface area contributed by atoms with Crippen LogP contribution in [-0.4, -0.2) is 17.8 Å². The van der Waals surface area contributed by atoms with Gasteiger partial charge in [-0.15, -0.1) is 11.3 Å². The molecule has 0 aliphatic carbocycles. The third-order valence-electron chi connectivity index (χ3n) is 4.59. The van der Waals surface area contributed by atoms with Crippen LogP contribution in [0.3, 0.4) is 0 Å². The predicted octanol–water partition coefficient (Wildman–Crippen LogP) is 5.01. The summed E-state index contributed by atoms with van der Waals surface area (Å²) in [4.78, 5) is 17.2. The maximum absolute atomic E-state index is 12.5. The van der Waals surface area contributed by atoms with Crippen LogP contribution in [-0.2, 0) is 6.54 Å². The Morgan fingerprint density at radius 1 is 1.00 bits per heavy atom. The zero-order valence-electron chi connectivity index (χ0n) is 15.3. The molecular weight excluding hydrogens is 386 g/mol. The number of carbonyl (C=O) groups excluding carboxylic acids is 1. The van der Waals surface area contributed by atoms with Crippen molar-refractivity contribution in [1.82, 2.24) is 10.3 Å². The quantitative estimate of drug-likeness (QED) is 0.502. The van der Waals surface area contributed by atoms with Gasteiger partial charge >= 0.3 is 6.03 Å². The molecule has 1 aliphatic heterocycles. The minimum absolute atomic E-state index is 0.231. The maximum Gasteiger partial charge on any atom is 0.319 e. The van der Waals surface area contributed by atoms with E-state index in [-0.39, 0.29) is 12.8 Å². The first-order chi connectivity index (χ1) is 14.3. The average Bonchev–Trinajstić information content (AvgIpc) is 3.39. The minimum atomic E-state index is -0.281. The van der Waals surface area contributed by atoms with Gasteiger partial charge in [0.15, 0.2) is 11.5 Å².